The highest BCUT2D eigenvalue weighted by Gasteiger charge is 2.13. The van der Waals surface area contributed by atoms with Gasteiger partial charge in [0.15, 0.2) is 5.96 Å². The Labute approximate surface area is 161 Å². The van der Waals surface area contributed by atoms with Gasteiger partial charge in [-0.05, 0) is 25.2 Å². The van der Waals surface area contributed by atoms with Gasteiger partial charge in [0.25, 0.3) is 0 Å². The zero-order valence-corrected chi connectivity index (χ0v) is 17.2. The minimum absolute atomic E-state index is 0.504. The Bertz CT molecular complexity index is 527. The molecular weight excluding hydrogens is 348 g/mol. The van der Waals surface area contributed by atoms with Crippen LogP contribution in [-0.2, 0) is 15.9 Å². The molecule has 26 heavy (non-hydrogen) atoms. The van der Waals surface area contributed by atoms with Crippen LogP contribution in [0.4, 0.5) is 0 Å². The molecule has 1 aromatic rings. The van der Waals surface area contributed by atoms with E-state index < -0.39 is 0 Å². The van der Waals surface area contributed by atoms with Crippen molar-refractivity contribution in [3.63, 3.8) is 0 Å². The molecule has 1 aliphatic heterocycles. The van der Waals surface area contributed by atoms with Gasteiger partial charge in [-0.1, -0.05) is 13.8 Å². The number of nitrogens with zero attached hydrogens (tertiary/aromatic N) is 2. The fourth-order valence-corrected chi connectivity index (χ4v) is 3.65. The SMILES string of the molecule is CN=C(NCCCOCC1CCOCC1)NCCc1csc(C(C)C)n1. The molecule has 148 valence electrons. The number of ether oxygens (including phenoxy) is 2. The minimum Gasteiger partial charge on any atom is -0.381 e. The molecule has 0 aromatic carbocycles. The van der Waals surface area contributed by atoms with Gasteiger partial charge < -0.3 is 20.1 Å². The third kappa shape index (κ3) is 8.01. The zero-order chi connectivity index (χ0) is 18.6. The molecule has 0 atom stereocenters. The predicted molar refractivity (Wildman–Crippen MR) is 108 cm³/mol. The highest BCUT2D eigenvalue weighted by molar-refractivity contribution is 7.09. The molecule has 6 nitrogen and oxygen atoms in total. The molecule has 2 N–H and O–H groups in total. The van der Waals surface area contributed by atoms with Gasteiger partial charge in [0.2, 0.25) is 0 Å². The van der Waals surface area contributed by atoms with E-state index in [9.17, 15) is 0 Å². The van der Waals surface area contributed by atoms with E-state index in [4.69, 9.17) is 9.47 Å². The number of thiazole rings is 1. The molecule has 1 saturated heterocycles. The van der Waals surface area contributed by atoms with Crippen LogP contribution >= 0.6 is 11.3 Å². The summed E-state index contributed by atoms with van der Waals surface area (Å²) in [5.41, 5.74) is 1.16. The molecule has 1 aliphatic rings. The van der Waals surface area contributed by atoms with E-state index in [1.807, 2.05) is 0 Å². The van der Waals surface area contributed by atoms with E-state index in [2.05, 4.69) is 39.8 Å². The number of rotatable bonds is 10. The van der Waals surface area contributed by atoms with Gasteiger partial charge in [-0.15, -0.1) is 11.3 Å². The summed E-state index contributed by atoms with van der Waals surface area (Å²) < 4.78 is 11.2. The van der Waals surface area contributed by atoms with Crippen LogP contribution in [0.1, 0.15) is 49.7 Å². The molecule has 1 aromatic heterocycles. The zero-order valence-electron chi connectivity index (χ0n) is 16.4. The van der Waals surface area contributed by atoms with E-state index in [0.717, 1.165) is 76.9 Å². The number of hydrogen-bond acceptors (Lipinski definition) is 5. The van der Waals surface area contributed by atoms with Crippen LogP contribution in [0.5, 0.6) is 0 Å². The number of hydrogen-bond donors (Lipinski definition) is 2. The van der Waals surface area contributed by atoms with Crippen LogP contribution < -0.4 is 10.6 Å². The molecule has 0 aliphatic carbocycles. The maximum Gasteiger partial charge on any atom is 0.190 e. The highest BCUT2D eigenvalue weighted by atomic mass is 32.1. The first-order valence-corrected chi connectivity index (χ1v) is 10.6. The molecule has 0 bridgehead atoms. The Kier molecular flexibility index (Phi) is 9.95. The number of aliphatic imine (C=N–C) groups is 1. The van der Waals surface area contributed by atoms with Crippen molar-refractivity contribution in [1.82, 2.24) is 15.6 Å². The summed E-state index contributed by atoms with van der Waals surface area (Å²) >= 11 is 1.75. The molecule has 2 rings (SSSR count). The first-order chi connectivity index (χ1) is 12.7. The number of nitrogens with one attached hydrogen (secondary N) is 2. The quantitative estimate of drug-likeness (QED) is 0.370. The predicted octanol–water partition coefficient (Wildman–Crippen LogP) is 2.81. The molecule has 0 radical (unpaired) electrons. The lowest BCUT2D eigenvalue weighted by Crippen LogP contribution is -2.39. The first-order valence-electron chi connectivity index (χ1n) is 9.73. The summed E-state index contributed by atoms with van der Waals surface area (Å²) in [6, 6.07) is 0. The Morgan fingerprint density at radius 3 is 2.81 bits per heavy atom. The lowest BCUT2D eigenvalue weighted by atomic mass is 10.0. The molecule has 0 amide bonds. The molecule has 0 spiro atoms. The van der Waals surface area contributed by atoms with Crippen molar-refractivity contribution in [1.29, 1.82) is 0 Å². The second-order valence-corrected chi connectivity index (χ2v) is 7.88. The number of aromatic nitrogens is 1. The molecule has 2 heterocycles. The maximum atomic E-state index is 5.79. The third-order valence-electron chi connectivity index (χ3n) is 4.41. The summed E-state index contributed by atoms with van der Waals surface area (Å²) in [5, 5.41) is 10.1. The maximum absolute atomic E-state index is 5.79. The standard InChI is InChI=1S/C19H34N4O2S/c1-15(2)18-23-17(14-26-18)5-9-22-19(20-3)21-8-4-10-25-13-16-6-11-24-12-7-16/h14-16H,4-13H2,1-3H3,(H2,20,21,22). The van der Waals surface area contributed by atoms with Crippen LogP contribution in [0.3, 0.4) is 0 Å². The van der Waals surface area contributed by atoms with Crippen LogP contribution in [-0.4, -0.2) is 57.5 Å². The molecular formula is C19H34N4O2S. The van der Waals surface area contributed by atoms with Crippen molar-refractivity contribution in [3.05, 3.63) is 16.1 Å². The van der Waals surface area contributed by atoms with Gasteiger partial charge in [-0.3, -0.25) is 4.99 Å². The van der Waals surface area contributed by atoms with Crippen molar-refractivity contribution in [2.75, 3.05) is 46.6 Å². The Hall–Kier alpha value is -1.18. The van der Waals surface area contributed by atoms with Crippen LogP contribution in [0, 0.1) is 5.92 Å². The van der Waals surface area contributed by atoms with E-state index in [1.165, 1.54) is 5.01 Å². The Balaban J connectivity index is 1.50. The summed E-state index contributed by atoms with van der Waals surface area (Å²) in [6.45, 7) is 9.48. The summed E-state index contributed by atoms with van der Waals surface area (Å²) in [4.78, 5) is 8.93. The van der Waals surface area contributed by atoms with Crippen LogP contribution in [0.2, 0.25) is 0 Å². The van der Waals surface area contributed by atoms with E-state index in [-0.39, 0.29) is 0 Å². The van der Waals surface area contributed by atoms with Crippen molar-refractivity contribution < 1.29 is 9.47 Å². The fraction of sp³-hybridized carbons (Fsp3) is 0.789. The summed E-state index contributed by atoms with van der Waals surface area (Å²) in [5.74, 6) is 2.02. The Morgan fingerprint density at radius 2 is 2.12 bits per heavy atom. The van der Waals surface area contributed by atoms with Crippen molar-refractivity contribution >= 4 is 17.3 Å². The largest absolute Gasteiger partial charge is 0.381 e. The molecule has 0 unspecified atom stereocenters. The lowest BCUT2D eigenvalue weighted by Gasteiger charge is -2.21. The van der Waals surface area contributed by atoms with Gasteiger partial charge in [0, 0.05) is 64.3 Å². The first kappa shape index (κ1) is 21.1. The second-order valence-electron chi connectivity index (χ2n) is 6.99. The van der Waals surface area contributed by atoms with Crippen molar-refractivity contribution in [3.8, 4) is 0 Å². The molecule has 1 fully saturated rings. The van der Waals surface area contributed by atoms with E-state index in [1.54, 1.807) is 18.4 Å². The van der Waals surface area contributed by atoms with Crippen molar-refractivity contribution in [2.24, 2.45) is 10.9 Å². The van der Waals surface area contributed by atoms with Gasteiger partial charge in [0.05, 0.1) is 10.7 Å². The summed E-state index contributed by atoms with van der Waals surface area (Å²) in [7, 11) is 1.80. The molecule has 0 saturated carbocycles. The van der Waals surface area contributed by atoms with Crippen LogP contribution in [0.15, 0.2) is 10.4 Å². The Morgan fingerprint density at radius 1 is 1.35 bits per heavy atom. The summed E-state index contributed by atoms with van der Waals surface area (Å²) in [6.07, 6.45) is 4.16. The number of guanidine groups is 1. The lowest BCUT2D eigenvalue weighted by molar-refractivity contribution is 0.0203. The smallest absolute Gasteiger partial charge is 0.190 e. The monoisotopic (exact) mass is 382 g/mol. The average Bonchev–Trinajstić information content (AvgIpc) is 3.13. The normalized spacial score (nSPS) is 16.2. The molecule has 7 heteroatoms. The van der Waals surface area contributed by atoms with E-state index >= 15 is 0 Å². The average molecular weight is 383 g/mol. The topological polar surface area (TPSA) is 67.8 Å². The van der Waals surface area contributed by atoms with Gasteiger partial charge in [-0.25, -0.2) is 4.98 Å². The third-order valence-corrected chi connectivity index (χ3v) is 5.61. The van der Waals surface area contributed by atoms with Gasteiger partial charge >= 0.3 is 0 Å². The van der Waals surface area contributed by atoms with Gasteiger partial charge in [0.1, 0.15) is 0 Å². The van der Waals surface area contributed by atoms with Gasteiger partial charge in [-0.2, -0.15) is 0 Å². The second kappa shape index (κ2) is 12.3. The van der Waals surface area contributed by atoms with E-state index in [0.29, 0.717) is 11.8 Å². The van der Waals surface area contributed by atoms with Crippen molar-refractivity contribution in [2.45, 2.75) is 45.4 Å². The highest BCUT2D eigenvalue weighted by Crippen LogP contribution is 2.19. The van der Waals surface area contributed by atoms with Crippen LogP contribution in [0.25, 0.3) is 0 Å². The fourth-order valence-electron chi connectivity index (χ4n) is 2.78. The minimum atomic E-state index is 0.504.